The summed E-state index contributed by atoms with van der Waals surface area (Å²) in [6, 6.07) is 50.2. The van der Waals surface area contributed by atoms with E-state index in [-0.39, 0.29) is 0 Å². The van der Waals surface area contributed by atoms with Gasteiger partial charge in [0.1, 0.15) is 5.52 Å². The molecule has 4 heterocycles. The average molecular weight is 564 g/mol. The smallest absolute Gasteiger partial charge is 0.235 e. The van der Waals surface area contributed by atoms with Gasteiger partial charge in [0.2, 0.25) is 5.95 Å². The van der Waals surface area contributed by atoms with Crippen LogP contribution in [0.3, 0.4) is 0 Å². The fraction of sp³-hybridized carbons (Fsp3) is 0. The van der Waals surface area contributed by atoms with Crippen LogP contribution in [0.5, 0.6) is 0 Å². The third kappa shape index (κ3) is 3.69. The van der Waals surface area contributed by atoms with Crippen molar-refractivity contribution < 1.29 is 0 Å². The Morgan fingerprint density at radius 2 is 1.07 bits per heavy atom. The zero-order valence-electron chi connectivity index (χ0n) is 23.7. The van der Waals surface area contributed by atoms with Crippen LogP contribution in [-0.2, 0) is 0 Å². The molecule has 0 amide bonds. The molecule has 0 saturated carbocycles. The van der Waals surface area contributed by atoms with Gasteiger partial charge in [-0.15, -0.1) is 0 Å². The standard InChI is InChI=1S/C39H25N5/c1-4-14-26(15-5-1)34-30-24-25-43-33-23-13-12-22-32(33)40-38(43)37(30)44(36(34)28-18-8-3-9-19-28)39-41-31-21-11-10-20-29(31)35(42-39)27-16-6-2-7-17-27/h1-25H. The molecule has 0 bridgehead atoms. The van der Waals surface area contributed by atoms with Gasteiger partial charge in [0, 0.05) is 28.1 Å². The summed E-state index contributed by atoms with van der Waals surface area (Å²) in [6.07, 6.45) is 2.13. The van der Waals surface area contributed by atoms with Gasteiger partial charge in [-0.3, -0.25) is 8.97 Å². The minimum Gasteiger partial charge on any atom is -0.298 e. The molecule has 0 N–H and O–H groups in total. The van der Waals surface area contributed by atoms with Crippen molar-refractivity contribution in [1.29, 1.82) is 0 Å². The Bertz CT molecular complexity index is 2480. The molecular formula is C39H25N5. The summed E-state index contributed by atoms with van der Waals surface area (Å²) in [4.78, 5) is 15.8. The second kappa shape index (κ2) is 9.75. The molecule has 0 fully saturated rings. The molecule has 9 rings (SSSR count). The minimum atomic E-state index is 0.605. The van der Waals surface area contributed by atoms with E-state index in [9.17, 15) is 0 Å². The highest BCUT2D eigenvalue weighted by Gasteiger charge is 2.26. The van der Waals surface area contributed by atoms with Crippen LogP contribution in [0.4, 0.5) is 0 Å². The Morgan fingerprint density at radius 3 is 1.82 bits per heavy atom. The molecule has 4 aromatic heterocycles. The average Bonchev–Trinajstić information content (AvgIpc) is 3.65. The zero-order valence-corrected chi connectivity index (χ0v) is 23.7. The molecule has 9 aromatic rings. The summed E-state index contributed by atoms with van der Waals surface area (Å²) in [5, 5.41) is 2.11. The predicted octanol–water partition coefficient (Wildman–Crippen LogP) is 9.38. The highest BCUT2D eigenvalue weighted by Crippen LogP contribution is 2.44. The van der Waals surface area contributed by atoms with Gasteiger partial charge in [0.15, 0.2) is 5.65 Å². The third-order valence-corrected chi connectivity index (χ3v) is 8.35. The molecule has 5 aromatic carbocycles. The number of imidazole rings is 1. The van der Waals surface area contributed by atoms with Crippen LogP contribution in [0.15, 0.2) is 152 Å². The first-order valence-corrected chi connectivity index (χ1v) is 14.7. The summed E-state index contributed by atoms with van der Waals surface area (Å²) in [5.74, 6) is 0.605. The molecule has 0 radical (unpaired) electrons. The second-order valence-corrected chi connectivity index (χ2v) is 10.9. The van der Waals surface area contributed by atoms with E-state index in [0.29, 0.717) is 5.95 Å². The van der Waals surface area contributed by atoms with Gasteiger partial charge in [-0.25, -0.2) is 15.0 Å². The molecule has 0 unspecified atom stereocenters. The number of rotatable bonds is 4. The lowest BCUT2D eigenvalue weighted by molar-refractivity contribution is 0.989. The molecule has 0 spiro atoms. The van der Waals surface area contributed by atoms with Crippen LogP contribution in [0.2, 0.25) is 0 Å². The maximum Gasteiger partial charge on any atom is 0.235 e. The number of hydrogen-bond acceptors (Lipinski definition) is 3. The van der Waals surface area contributed by atoms with E-state index < -0.39 is 0 Å². The molecule has 206 valence electrons. The van der Waals surface area contributed by atoms with Crippen LogP contribution in [0, 0.1) is 0 Å². The molecule has 0 saturated heterocycles. The fourth-order valence-corrected chi connectivity index (χ4v) is 6.43. The summed E-state index contributed by atoms with van der Waals surface area (Å²) < 4.78 is 4.41. The fourth-order valence-electron chi connectivity index (χ4n) is 6.43. The van der Waals surface area contributed by atoms with Crippen molar-refractivity contribution in [3.05, 3.63) is 152 Å². The number of para-hydroxylation sites is 3. The maximum atomic E-state index is 5.36. The van der Waals surface area contributed by atoms with Crippen LogP contribution in [0.1, 0.15) is 0 Å². The molecular weight excluding hydrogens is 538 g/mol. The highest BCUT2D eigenvalue weighted by atomic mass is 15.2. The molecule has 5 heteroatoms. The van der Waals surface area contributed by atoms with E-state index in [1.165, 1.54) is 0 Å². The monoisotopic (exact) mass is 563 g/mol. The van der Waals surface area contributed by atoms with Crippen LogP contribution < -0.4 is 0 Å². The Morgan fingerprint density at radius 1 is 0.455 bits per heavy atom. The van der Waals surface area contributed by atoms with Crippen molar-refractivity contribution in [3.63, 3.8) is 0 Å². The Hall–Kier alpha value is -6.07. The first kappa shape index (κ1) is 24.5. The Labute approximate surface area is 253 Å². The second-order valence-electron chi connectivity index (χ2n) is 10.9. The lowest BCUT2D eigenvalue weighted by atomic mass is 9.99. The van der Waals surface area contributed by atoms with Gasteiger partial charge in [0.25, 0.3) is 0 Å². The number of benzene rings is 5. The molecule has 0 atom stereocenters. The van der Waals surface area contributed by atoms with Crippen LogP contribution >= 0.6 is 0 Å². The third-order valence-electron chi connectivity index (χ3n) is 8.35. The lowest BCUT2D eigenvalue weighted by Gasteiger charge is -2.14. The number of pyridine rings is 1. The van der Waals surface area contributed by atoms with Crippen molar-refractivity contribution in [2.45, 2.75) is 0 Å². The summed E-state index contributed by atoms with van der Waals surface area (Å²) in [6.45, 7) is 0. The van der Waals surface area contributed by atoms with Gasteiger partial charge in [-0.1, -0.05) is 121 Å². The van der Waals surface area contributed by atoms with Gasteiger partial charge in [-0.05, 0) is 35.4 Å². The van der Waals surface area contributed by atoms with E-state index in [1.807, 2.05) is 24.3 Å². The van der Waals surface area contributed by atoms with Gasteiger partial charge >= 0.3 is 0 Å². The number of aromatic nitrogens is 5. The zero-order chi connectivity index (χ0) is 29.0. The largest absolute Gasteiger partial charge is 0.298 e. The molecule has 5 nitrogen and oxygen atoms in total. The van der Waals surface area contributed by atoms with Crippen molar-refractivity contribution in [2.75, 3.05) is 0 Å². The van der Waals surface area contributed by atoms with E-state index >= 15 is 0 Å². The quantitative estimate of drug-likeness (QED) is 0.214. The van der Waals surface area contributed by atoms with E-state index in [2.05, 4.69) is 136 Å². The van der Waals surface area contributed by atoms with Crippen molar-refractivity contribution >= 4 is 38.5 Å². The molecule has 0 aliphatic rings. The van der Waals surface area contributed by atoms with Crippen LogP contribution in [-0.4, -0.2) is 23.9 Å². The Kier molecular flexibility index (Phi) is 5.43. The summed E-state index contributed by atoms with van der Waals surface area (Å²) >= 11 is 0. The molecule has 0 aliphatic heterocycles. The number of fused-ring (bicyclic) bond motifs is 6. The van der Waals surface area contributed by atoms with E-state index in [1.54, 1.807) is 0 Å². The van der Waals surface area contributed by atoms with E-state index in [4.69, 9.17) is 15.0 Å². The van der Waals surface area contributed by atoms with Gasteiger partial charge in [-0.2, -0.15) is 0 Å². The first-order valence-electron chi connectivity index (χ1n) is 14.7. The topological polar surface area (TPSA) is 48.0 Å². The normalized spacial score (nSPS) is 11.6. The molecule has 0 aliphatic carbocycles. The number of hydrogen-bond donors (Lipinski definition) is 0. The van der Waals surface area contributed by atoms with E-state index in [0.717, 1.165) is 72.1 Å². The van der Waals surface area contributed by atoms with Crippen LogP contribution in [0.25, 0.3) is 78.1 Å². The maximum absolute atomic E-state index is 5.36. The van der Waals surface area contributed by atoms with Gasteiger partial charge in [0.05, 0.1) is 27.9 Å². The number of nitrogens with zero attached hydrogens (tertiary/aromatic N) is 5. The van der Waals surface area contributed by atoms with Crippen molar-refractivity contribution in [2.24, 2.45) is 0 Å². The Balaban J connectivity index is 1.51. The lowest BCUT2D eigenvalue weighted by Crippen LogP contribution is -2.06. The predicted molar refractivity (Wildman–Crippen MR) is 179 cm³/mol. The highest BCUT2D eigenvalue weighted by molar-refractivity contribution is 6.11. The SMILES string of the molecule is c1ccc(-c2nc(-n3c(-c4ccccc4)c(-c4ccccc4)c4ccn5c6ccccc6nc5c43)nc3ccccc23)cc1. The molecule has 44 heavy (non-hydrogen) atoms. The first-order chi connectivity index (χ1) is 21.8. The summed E-state index contributed by atoms with van der Waals surface area (Å²) in [7, 11) is 0. The minimum absolute atomic E-state index is 0.605. The van der Waals surface area contributed by atoms with Gasteiger partial charge < -0.3 is 0 Å². The van der Waals surface area contributed by atoms with Crippen molar-refractivity contribution in [1.82, 2.24) is 23.9 Å². The van der Waals surface area contributed by atoms with Crippen molar-refractivity contribution in [3.8, 4) is 39.6 Å². The summed E-state index contributed by atoms with van der Waals surface area (Å²) in [5.41, 5.74) is 11.0.